The van der Waals surface area contributed by atoms with Crippen LogP contribution in [0.1, 0.15) is 22.8 Å². The molecule has 0 aliphatic carbocycles. The van der Waals surface area contributed by atoms with Gasteiger partial charge in [-0.1, -0.05) is 42.5 Å². The quantitative estimate of drug-likeness (QED) is 0.614. The molecule has 4 rings (SSSR count). The number of sulfonamides is 1. The Hall–Kier alpha value is -3.32. The maximum atomic E-state index is 13.2. The molecule has 3 aromatic carbocycles. The summed E-state index contributed by atoms with van der Waals surface area (Å²) in [6, 6.07) is 23.0. The van der Waals surface area contributed by atoms with Crippen LogP contribution in [-0.2, 0) is 16.4 Å². The molecule has 0 bridgehead atoms. The number of benzene rings is 3. The molecule has 1 aliphatic rings. The molecule has 0 spiro atoms. The van der Waals surface area contributed by atoms with Gasteiger partial charge in [0.2, 0.25) is 0 Å². The summed E-state index contributed by atoms with van der Waals surface area (Å²) in [5.74, 6) is 0.380. The number of hydrogen-bond acceptors (Lipinski definition) is 4. The molecule has 3 aromatic rings. The van der Waals surface area contributed by atoms with E-state index in [1.165, 1.54) is 16.4 Å². The highest BCUT2D eigenvalue weighted by Gasteiger charge is 2.30. The van der Waals surface area contributed by atoms with Crippen LogP contribution in [0.4, 0.5) is 5.69 Å². The van der Waals surface area contributed by atoms with Gasteiger partial charge in [-0.15, -0.1) is 0 Å². The zero-order chi connectivity index (χ0) is 21.8. The van der Waals surface area contributed by atoms with E-state index in [4.69, 9.17) is 4.74 Å². The average Bonchev–Trinajstić information content (AvgIpc) is 3.23. The van der Waals surface area contributed by atoms with Crippen LogP contribution in [0.5, 0.6) is 5.75 Å². The Bertz CT molecular complexity index is 1180. The number of nitrogens with one attached hydrogen (secondary N) is 1. The molecule has 0 fully saturated rings. The SMILES string of the molecule is CC(CNC(=O)c1cccc(S(=O)(=O)N2CCc3ccccc32)c1)Oc1ccccc1. The second kappa shape index (κ2) is 8.81. The highest BCUT2D eigenvalue weighted by molar-refractivity contribution is 7.92. The number of anilines is 1. The van der Waals surface area contributed by atoms with Crippen LogP contribution in [0.3, 0.4) is 0 Å². The third kappa shape index (κ3) is 4.56. The molecule has 1 atom stereocenters. The first-order chi connectivity index (χ1) is 14.9. The number of nitrogens with zero attached hydrogens (tertiary/aromatic N) is 1. The summed E-state index contributed by atoms with van der Waals surface area (Å²) < 4.78 is 33.6. The second-order valence-electron chi connectivity index (χ2n) is 7.44. The molecule has 1 N–H and O–H groups in total. The summed E-state index contributed by atoms with van der Waals surface area (Å²) in [5.41, 5.74) is 2.00. The van der Waals surface area contributed by atoms with Crippen molar-refractivity contribution in [2.24, 2.45) is 0 Å². The summed E-state index contributed by atoms with van der Waals surface area (Å²) in [6.07, 6.45) is 0.439. The number of para-hydroxylation sites is 2. The summed E-state index contributed by atoms with van der Waals surface area (Å²) in [7, 11) is -3.75. The minimum absolute atomic E-state index is 0.102. The van der Waals surface area contributed by atoms with Gasteiger partial charge in [-0.25, -0.2) is 8.42 Å². The number of rotatable bonds is 7. The number of carbonyl (C=O) groups is 1. The smallest absolute Gasteiger partial charge is 0.264 e. The van der Waals surface area contributed by atoms with Crippen LogP contribution in [0.15, 0.2) is 83.8 Å². The zero-order valence-electron chi connectivity index (χ0n) is 17.2. The summed E-state index contributed by atoms with van der Waals surface area (Å²) >= 11 is 0. The van der Waals surface area contributed by atoms with Crippen molar-refractivity contribution in [2.45, 2.75) is 24.3 Å². The van der Waals surface area contributed by atoms with E-state index in [1.54, 1.807) is 12.1 Å². The molecule has 0 saturated heterocycles. The van der Waals surface area contributed by atoms with Crippen molar-refractivity contribution in [2.75, 3.05) is 17.4 Å². The second-order valence-corrected chi connectivity index (χ2v) is 9.30. The first kappa shape index (κ1) is 20.9. The van der Waals surface area contributed by atoms with Crippen LogP contribution < -0.4 is 14.4 Å². The monoisotopic (exact) mass is 436 g/mol. The zero-order valence-corrected chi connectivity index (χ0v) is 18.0. The molecular formula is C24H24N2O4S. The number of amides is 1. The van der Waals surface area contributed by atoms with Crippen molar-refractivity contribution in [3.05, 3.63) is 90.0 Å². The van der Waals surface area contributed by atoms with E-state index in [-0.39, 0.29) is 16.9 Å². The first-order valence-electron chi connectivity index (χ1n) is 10.2. The van der Waals surface area contributed by atoms with E-state index in [9.17, 15) is 13.2 Å². The van der Waals surface area contributed by atoms with Gasteiger partial charge in [0.25, 0.3) is 15.9 Å². The highest BCUT2D eigenvalue weighted by Crippen LogP contribution is 2.32. The molecule has 1 aliphatic heterocycles. The van der Waals surface area contributed by atoms with Gasteiger partial charge in [-0.2, -0.15) is 0 Å². The van der Waals surface area contributed by atoms with Crippen LogP contribution >= 0.6 is 0 Å². The fourth-order valence-corrected chi connectivity index (χ4v) is 5.14. The maximum absolute atomic E-state index is 13.2. The molecule has 0 radical (unpaired) electrons. The third-order valence-corrected chi connectivity index (χ3v) is 6.97. The van der Waals surface area contributed by atoms with Gasteiger partial charge in [-0.3, -0.25) is 9.10 Å². The predicted octanol–water partition coefficient (Wildman–Crippen LogP) is 3.64. The van der Waals surface area contributed by atoms with Gasteiger partial charge in [0.05, 0.1) is 17.1 Å². The molecule has 1 unspecified atom stereocenters. The first-order valence-corrected chi connectivity index (χ1v) is 11.6. The molecule has 1 heterocycles. The molecule has 1 amide bonds. The van der Waals surface area contributed by atoms with Crippen molar-refractivity contribution < 1.29 is 17.9 Å². The Morgan fingerprint density at radius 3 is 2.58 bits per heavy atom. The van der Waals surface area contributed by atoms with Gasteiger partial charge in [0, 0.05) is 12.1 Å². The van der Waals surface area contributed by atoms with Crippen molar-refractivity contribution in [1.82, 2.24) is 5.32 Å². The van der Waals surface area contributed by atoms with Gasteiger partial charge < -0.3 is 10.1 Å². The van der Waals surface area contributed by atoms with E-state index in [0.29, 0.717) is 30.8 Å². The number of hydrogen-bond donors (Lipinski definition) is 1. The molecule has 6 nitrogen and oxygen atoms in total. The predicted molar refractivity (Wildman–Crippen MR) is 120 cm³/mol. The Morgan fingerprint density at radius 1 is 1.03 bits per heavy atom. The van der Waals surface area contributed by atoms with Gasteiger partial charge in [0.15, 0.2) is 0 Å². The van der Waals surface area contributed by atoms with E-state index in [2.05, 4.69) is 5.32 Å². The minimum Gasteiger partial charge on any atom is -0.489 e. The summed E-state index contributed by atoms with van der Waals surface area (Å²) in [5, 5.41) is 2.81. The molecule has 7 heteroatoms. The standard InChI is InChI=1S/C24H24N2O4S/c1-18(30-21-10-3-2-4-11-21)17-25-24(27)20-9-7-12-22(16-20)31(28,29)26-15-14-19-8-5-6-13-23(19)26/h2-13,16,18H,14-15,17H2,1H3,(H,25,27). The lowest BCUT2D eigenvalue weighted by atomic mass is 10.2. The Balaban J connectivity index is 1.45. The normalized spacial score (nSPS) is 14.0. The summed E-state index contributed by atoms with van der Waals surface area (Å²) in [6.45, 7) is 2.55. The molecule has 0 saturated carbocycles. The third-order valence-electron chi connectivity index (χ3n) is 5.16. The number of carbonyl (C=O) groups excluding carboxylic acids is 1. The molecule has 0 aromatic heterocycles. The number of ether oxygens (including phenoxy) is 1. The topological polar surface area (TPSA) is 75.7 Å². The fourth-order valence-electron chi connectivity index (χ4n) is 3.59. The maximum Gasteiger partial charge on any atom is 0.264 e. The van der Waals surface area contributed by atoms with Crippen LogP contribution in [-0.4, -0.2) is 33.5 Å². The summed E-state index contributed by atoms with van der Waals surface area (Å²) in [4.78, 5) is 12.7. The molecule has 160 valence electrons. The van der Waals surface area contributed by atoms with E-state index >= 15 is 0 Å². The van der Waals surface area contributed by atoms with E-state index in [0.717, 1.165) is 11.3 Å². The van der Waals surface area contributed by atoms with E-state index in [1.807, 2.05) is 61.5 Å². The van der Waals surface area contributed by atoms with E-state index < -0.39 is 10.0 Å². The molecular weight excluding hydrogens is 412 g/mol. The molecule has 31 heavy (non-hydrogen) atoms. The lowest BCUT2D eigenvalue weighted by molar-refractivity contribution is 0.0932. The van der Waals surface area contributed by atoms with Crippen molar-refractivity contribution >= 4 is 21.6 Å². The van der Waals surface area contributed by atoms with Crippen molar-refractivity contribution in [3.8, 4) is 5.75 Å². The lowest BCUT2D eigenvalue weighted by Gasteiger charge is -2.20. The van der Waals surface area contributed by atoms with Crippen LogP contribution in [0, 0.1) is 0 Å². The largest absolute Gasteiger partial charge is 0.489 e. The number of fused-ring (bicyclic) bond motifs is 1. The van der Waals surface area contributed by atoms with Crippen molar-refractivity contribution in [3.63, 3.8) is 0 Å². The average molecular weight is 437 g/mol. The minimum atomic E-state index is -3.75. The van der Waals surface area contributed by atoms with Crippen LogP contribution in [0.25, 0.3) is 0 Å². The Labute approximate surface area is 182 Å². The van der Waals surface area contributed by atoms with Gasteiger partial charge in [-0.05, 0) is 55.3 Å². The van der Waals surface area contributed by atoms with Crippen LogP contribution in [0.2, 0.25) is 0 Å². The van der Waals surface area contributed by atoms with Crippen molar-refractivity contribution in [1.29, 1.82) is 0 Å². The Morgan fingerprint density at radius 2 is 1.77 bits per heavy atom. The van der Waals surface area contributed by atoms with Gasteiger partial charge >= 0.3 is 0 Å². The Kier molecular flexibility index (Phi) is 5.95. The lowest BCUT2D eigenvalue weighted by Crippen LogP contribution is -2.34. The fraction of sp³-hybridized carbons (Fsp3) is 0.208. The van der Waals surface area contributed by atoms with Gasteiger partial charge in [0.1, 0.15) is 11.9 Å². The highest BCUT2D eigenvalue weighted by atomic mass is 32.2.